The van der Waals surface area contributed by atoms with Crippen molar-refractivity contribution in [2.75, 3.05) is 11.3 Å². The Morgan fingerprint density at radius 3 is 2.56 bits per heavy atom. The molecule has 0 bridgehead atoms. The summed E-state index contributed by atoms with van der Waals surface area (Å²) in [6.45, 7) is 0.468. The Kier molecular flexibility index (Phi) is 7.74. The van der Waals surface area contributed by atoms with E-state index in [4.69, 9.17) is 5.11 Å². The average Bonchev–Trinajstić information content (AvgIpc) is 3.04. The Hall–Kier alpha value is -2.46. The maximum atomic E-state index is 12.2. The lowest BCUT2D eigenvalue weighted by Gasteiger charge is -2.05. The number of nitrogens with one attached hydrogen (secondary N) is 2. The first kappa shape index (κ1) is 20.8. The minimum atomic E-state index is -3.70. The van der Waals surface area contributed by atoms with Crippen LogP contribution in [0.4, 0.5) is 5.13 Å². The summed E-state index contributed by atoms with van der Waals surface area (Å²) < 4.78 is 26.9. The van der Waals surface area contributed by atoms with Gasteiger partial charge in [-0.25, -0.2) is 13.4 Å². The van der Waals surface area contributed by atoms with E-state index in [0.29, 0.717) is 25.1 Å². The van der Waals surface area contributed by atoms with E-state index in [1.807, 2.05) is 0 Å². The Bertz CT molecular complexity index is 866. The van der Waals surface area contributed by atoms with Crippen LogP contribution in [0.25, 0.3) is 0 Å². The van der Waals surface area contributed by atoms with E-state index in [2.05, 4.69) is 15.0 Å². The van der Waals surface area contributed by atoms with Crippen LogP contribution in [0.15, 0.2) is 40.6 Å². The summed E-state index contributed by atoms with van der Waals surface area (Å²) in [5.74, 6) is -1.03. The molecule has 8 nitrogen and oxygen atoms in total. The van der Waals surface area contributed by atoms with Gasteiger partial charge in [0.15, 0.2) is 5.13 Å². The molecule has 0 unspecified atom stereocenters. The number of thiazole rings is 1. The highest BCUT2D eigenvalue weighted by Crippen LogP contribution is 2.20. The molecule has 2 rings (SSSR count). The normalized spacial score (nSPS) is 11.1. The molecule has 1 heterocycles. The molecule has 1 aromatic carbocycles. The number of benzene rings is 1. The van der Waals surface area contributed by atoms with Crippen LogP contribution in [0.3, 0.4) is 0 Å². The number of unbranched alkanes of at least 4 members (excludes halogenated alkanes) is 2. The fourth-order valence-corrected chi connectivity index (χ4v) is 4.23. The Morgan fingerprint density at radius 1 is 1.11 bits per heavy atom. The highest BCUT2D eigenvalue weighted by Gasteiger charge is 2.16. The first-order valence-corrected chi connectivity index (χ1v) is 10.7. The Morgan fingerprint density at radius 2 is 1.85 bits per heavy atom. The number of rotatable bonds is 11. The third kappa shape index (κ3) is 7.35. The molecular weight excluding hydrogens is 390 g/mol. The topological polar surface area (TPSA) is 125 Å². The standard InChI is InChI=1S/C17H21N3O5S2/c21-15(18-10-6-2-5-9-16(22)23)11-13-12-26-17(19-13)20-27(24,25)14-7-3-1-4-8-14/h1,3-4,7-8,12H,2,5-6,9-11H2,(H,18,21)(H,19,20)(H,22,23). The van der Waals surface area contributed by atoms with Crippen LogP contribution < -0.4 is 10.0 Å². The number of amides is 1. The van der Waals surface area contributed by atoms with Crippen LogP contribution >= 0.6 is 11.3 Å². The zero-order chi connectivity index (χ0) is 19.7. The van der Waals surface area contributed by atoms with Crippen LogP contribution in [0, 0.1) is 0 Å². The molecule has 0 aliphatic heterocycles. The molecule has 146 valence electrons. The van der Waals surface area contributed by atoms with Crippen molar-refractivity contribution in [2.24, 2.45) is 0 Å². The van der Waals surface area contributed by atoms with Gasteiger partial charge in [0.05, 0.1) is 17.0 Å². The van der Waals surface area contributed by atoms with Gasteiger partial charge in [-0.05, 0) is 25.0 Å². The molecule has 0 spiro atoms. The van der Waals surface area contributed by atoms with Crippen molar-refractivity contribution < 1.29 is 23.1 Å². The number of nitrogens with zero attached hydrogens (tertiary/aromatic N) is 1. The molecular formula is C17H21N3O5S2. The molecule has 0 atom stereocenters. The molecule has 0 radical (unpaired) electrons. The van der Waals surface area contributed by atoms with Crippen LogP contribution in [0.2, 0.25) is 0 Å². The smallest absolute Gasteiger partial charge is 0.303 e. The first-order valence-electron chi connectivity index (χ1n) is 8.37. The number of aromatic nitrogens is 1. The monoisotopic (exact) mass is 411 g/mol. The lowest BCUT2D eigenvalue weighted by molar-refractivity contribution is -0.137. The summed E-state index contributed by atoms with van der Waals surface area (Å²) in [6.07, 6.45) is 2.21. The van der Waals surface area contributed by atoms with Crippen LogP contribution in [0.5, 0.6) is 0 Å². The van der Waals surface area contributed by atoms with Gasteiger partial charge in [0.25, 0.3) is 10.0 Å². The van der Waals surface area contributed by atoms with Gasteiger partial charge >= 0.3 is 5.97 Å². The molecule has 3 N–H and O–H groups in total. The number of hydrogen-bond acceptors (Lipinski definition) is 6. The third-order valence-electron chi connectivity index (χ3n) is 3.56. The van der Waals surface area contributed by atoms with Crippen molar-refractivity contribution in [3.8, 4) is 0 Å². The number of sulfonamides is 1. The second-order valence-corrected chi connectivity index (χ2v) is 8.33. The fraction of sp³-hybridized carbons (Fsp3) is 0.353. The van der Waals surface area contributed by atoms with Gasteiger partial charge in [0.2, 0.25) is 5.91 Å². The minimum Gasteiger partial charge on any atom is -0.481 e. The SMILES string of the molecule is O=C(O)CCCCCNC(=O)Cc1csc(NS(=O)(=O)c2ccccc2)n1. The minimum absolute atomic E-state index is 0.0543. The summed E-state index contributed by atoms with van der Waals surface area (Å²) in [4.78, 5) is 26.6. The fourth-order valence-electron chi connectivity index (χ4n) is 2.24. The molecule has 1 aromatic heterocycles. The van der Waals surface area contributed by atoms with Gasteiger partial charge in [0.1, 0.15) is 0 Å². The maximum Gasteiger partial charge on any atom is 0.303 e. The molecule has 2 aromatic rings. The number of aliphatic carboxylic acids is 1. The molecule has 27 heavy (non-hydrogen) atoms. The summed E-state index contributed by atoms with van der Waals surface area (Å²) in [5, 5.41) is 13.1. The predicted molar refractivity (Wildman–Crippen MR) is 102 cm³/mol. The second kappa shape index (κ2) is 10.0. The summed E-state index contributed by atoms with van der Waals surface area (Å²) in [7, 11) is -3.70. The van der Waals surface area contributed by atoms with E-state index in [0.717, 1.165) is 17.8 Å². The Labute approximate surface area is 161 Å². The summed E-state index contributed by atoms with van der Waals surface area (Å²) in [6, 6.07) is 7.97. The van der Waals surface area contributed by atoms with Gasteiger partial charge < -0.3 is 10.4 Å². The molecule has 1 amide bonds. The van der Waals surface area contributed by atoms with Crippen LogP contribution in [0.1, 0.15) is 31.4 Å². The van der Waals surface area contributed by atoms with E-state index < -0.39 is 16.0 Å². The maximum absolute atomic E-state index is 12.2. The average molecular weight is 412 g/mol. The number of hydrogen-bond donors (Lipinski definition) is 3. The number of carboxylic acid groups (broad SMARTS) is 1. The number of carboxylic acids is 1. The van der Waals surface area contributed by atoms with Crippen LogP contribution in [-0.4, -0.2) is 36.9 Å². The van der Waals surface area contributed by atoms with Crippen molar-refractivity contribution in [2.45, 2.75) is 37.0 Å². The van der Waals surface area contributed by atoms with Crippen molar-refractivity contribution in [1.82, 2.24) is 10.3 Å². The van der Waals surface area contributed by atoms with Gasteiger partial charge in [0, 0.05) is 18.3 Å². The largest absolute Gasteiger partial charge is 0.481 e. The highest BCUT2D eigenvalue weighted by atomic mass is 32.2. The van der Waals surface area contributed by atoms with Crippen LogP contribution in [-0.2, 0) is 26.0 Å². The van der Waals surface area contributed by atoms with E-state index in [9.17, 15) is 18.0 Å². The number of anilines is 1. The van der Waals surface area contributed by atoms with Crippen molar-refractivity contribution in [3.63, 3.8) is 0 Å². The Balaban J connectivity index is 1.77. The van der Waals surface area contributed by atoms with E-state index >= 15 is 0 Å². The predicted octanol–water partition coefficient (Wildman–Crippen LogP) is 2.25. The van der Waals surface area contributed by atoms with Gasteiger partial charge in [-0.2, -0.15) is 0 Å². The molecule has 0 fully saturated rings. The first-order chi connectivity index (χ1) is 12.9. The van der Waals surface area contributed by atoms with E-state index in [-0.39, 0.29) is 28.8 Å². The summed E-state index contributed by atoms with van der Waals surface area (Å²) >= 11 is 1.11. The molecule has 0 saturated carbocycles. The molecule has 0 aliphatic rings. The number of carbonyl (C=O) groups is 2. The molecule has 0 saturated heterocycles. The van der Waals surface area contributed by atoms with E-state index in [1.165, 1.54) is 12.1 Å². The van der Waals surface area contributed by atoms with Crippen molar-refractivity contribution >= 4 is 38.4 Å². The highest BCUT2D eigenvalue weighted by molar-refractivity contribution is 7.93. The molecule has 0 aliphatic carbocycles. The van der Waals surface area contributed by atoms with E-state index in [1.54, 1.807) is 23.6 Å². The number of carbonyl (C=O) groups excluding carboxylic acids is 1. The second-order valence-electron chi connectivity index (χ2n) is 5.79. The van der Waals surface area contributed by atoms with Crippen molar-refractivity contribution in [1.29, 1.82) is 0 Å². The zero-order valence-corrected chi connectivity index (χ0v) is 16.2. The lowest BCUT2D eigenvalue weighted by atomic mass is 10.2. The quantitative estimate of drug-likeness (QED) is 0.487. The lowest BCUT2D eigenvalue weighted by Crippen LogP contribution is -2.26. The zero-order valence-electron chi connectivity index (χ0n) is 14.6. The van der Waals surface area contributed by atoms with Gasteiger partial charge in [-0.1, -0.05) is 24.6 Å². The molecule has 10 heteroatoms. The summed E-state index contributed by atoms with van der Waals surface area (Å²) in [5.41, 5.74) is 0.481. The van der Waals surface area contributed by atoms with Gasteiger partial charge in [-0.3, -0.25) is 14.3 Å². The third-order valence-corrected chi connectivity index (χ3v) is 5.85. The van der Waals surface area contributed by atoms with Gasteiger partial charge in [-0.15, -0.1) is 11.3 Å². The van der Waals surface area contributed by atoms with Crippen molar-refractivity contribution in [3.05, 3.63) is 41.4 Å².